The van der Waals surface area contributed by atoms with Gasteiger partial charge < -0.3 is 10.2 Å². The van der Waals surface area contributed by atoms with Crippen molar-refractivity contribution in [3.8, 4) is 0 Å². The van der Waals surface area contributed by atoms with Crippen molar-refractivity contribution in [1.29, 1.82) is 0 Å². The SMILES string of the molecule is CN1C(=O)CC[C@@]2(C)C1CC[C@@H]1[C@H]2CC[C@]2(C)C(C(=O)NC(=O)NC(C)(C)C)CC[C@@H]12. The van der Waals surface area contributed by atoms with Crippen molar-refractivity contribution in [3.05, 3.63) is 0 Å². The molecule has 4 fully saturated rings. The molecule has 3 aliphatic carbocycles. The van der Waals surface area contributed by atoms with E-state index in [9.17, 15) is 14.4 Å². The number of likely N-dealkylation sites (tertiary alicyclic amines) is 1. The first-order valence-electron chi connectivity index (χ1n) is 12.3. The average molecular weight is 432 g/mol. The molecule has 6 heteroatoms. The molecule has 7 atom stereocenters. The molecule has 0 aromatic carbocycles. The van der Waals surface area contributed by atoms with Crippen molar-refractivity contribution in [1.82, 2.24) is 15.5 Å². The molecular formula is C25H41N3O3. The van der Waals surface area contributed by atoms with Crippen LogP contribution < -0.4 is 10.6 Å². The predicted octanol–water partition coefficient (Wildman–Crippen LogP) is 4.09. The maximum Gasteiger partial charge on any atom is 0.321 e. The van der Waals surface area contributed by atoms with Crippen LogP contribution in [0.25, 0.3) is 0 Å². The van der Waals surface area contributed by atoms with E-state index in [4.69, 9.17) is 0 Å². The van der Waals surface area contributed by atoms with Gasteiger partial charge in [-0.25, -0.2) is 4.79 Å². The minimum atomic E-state index is -0.388. The summed E-state index contributed by atoms with van der Waals surface area (Å²) in [6, 6.07) is -0.0258. The van der Waals surface area contributed by atoms with Crippen LogP contribution in [0.3, 0.4) is 0 Å². The van der Waals surface area contributed by atoms with Crippen LogP contribution >= 0.6 is 0 Å². The maximum absolute atomic E-state index is 13.1. The second-order valence-electron chi connectivity index (χ2n) is 12.3. The lowest BCUT2D eigenvalue weighted by Crippen LogP contribution is -2.61. The number of urea groups is 1. The van der Waals surface area contributed by atoms with Gasteiger partial charge in [-0.2, -0.15) is 0 Å². The molecule has 0 aromatic heterocycles. The number of fused-ring (bicyclic) bond motifs is 5. The Balaban J connectivity index is 1.50. The molecule has 0 spiro atoms. The van der Waals surface area contributed by atoms with Gasteiger partial charge in [-0.15, -0.1) is 0 Å². The van der Waals surface area contributed by atoms with E-state index in [1.54, 1.807) is 0 Å². The number of rotatable bonds is 1. The normalized spacial score (nSPS) is 42.3. The van der Waals surface area contributed by atoms with Gasteiger partial charge in [0.05, 0.1) is 0 Å². The summed E-state index contributed by atoms with van der Waals surface area (Å²) in [5, 5.41) is 5.48. The number of piperidine rings is 1. The Morgan fingerprint density at radius 1 is 0.968 bits per heavy atom. The Morgan fingerprint density at radius 3 is 2.32 bits per heavy atom. The number of hydrogen-bond acceptors (Lipinski definition) is 3. The molecule has 6 nitrogen and oxygen atoms in total. The van der Waals surface area contributed by atoms with Gasteiger partial charge in [0, 0.05) is 31.0 Å². The number of amides is 4. The second-order valence-corrected chi connectivity index (χ2v) is 12.3. The minimum Gasteiger partial charge on any atom is -0.342 e. The Morgan fingerprint density at radius 2 is 1.65 bits per heavy atom. The molecule has 0 radical (unpaired) electrons. The summed E-state index contributed by atoms with van der Waals surface area (Å²) in [6.45, 7) is 10.5. The lowest BCUT2D eigenvalue weighted by Gasteiger charge is -2.61. The number of nitrogens with one attached hydrogen (secondary N) is 2. The Labute approximate surface area is 187 Å². The molecule has 4 rings (SSSR count). The van der Waals surface area contributed by atoms with E-state index in [1.807, 2.05) is 32.7 Å². The van der Waals surface area contributed by atoms with Crippen LogP contribution in [-0.2, 0) is 9.59 Å². The summed E-state index contributed by atoms with van der Waals surface area (Å²) in [6.07, 6.45) is 8.02. The molecule has 1 aliphatic heterocycles. The fraction of sp³-hybridized carbons (Fsp3) is 0.880. The third kappa shape index (κ3) is 3.68. The zero-order valence-electron chi connectivity index (χ0n) is 20.2. The van der Waals surface area contributed by atoms with E-state index < -0.39 is 0 Å². The summed E-state index contributed by atoms with van der Waals surface area (Å²) in [7, 11) is 2.00. The molecule has 3 saturated carbocycles. The number of nitrogens with zero attached hydrogens (tertiary/aromatic N) is 1. The van der Waals surface area contributed by atoms with Crippen molar-refractivity contribution in [2.75, 3.05) is 7.05 Å². The fourth-order valence-corrected chi connectivity index (χ4v) is 8.15. The van der Waals surface area contributed by atoms with E-state index in [2.05, 4.69) is 24.5 Å². The topological polar surface area (TPSA) is 78.5 Å². The van der Waals surface area contributed by atoms with Gasteiger partial charge in [-0.05, 0) is 94.3 Å². The first-order chi connectivity index (χ1) is 14.4. The minimum absolute atomic E-state index is 0.0349. The van der Waals surface area contributed by atoms with Crippen LogP contribution in [0.4, 0.5) is 4.79 Å². The van der Waals surface area contributed by atoms with Crippen molar-refractivity contribution in [3.63, 3.8) is 0 Å². The summed E-state index contributed by atoms with van der Waals surface area (Å²) >= 11 is 0. The molecular weight excluding hydrogens is 390 g/mol. The van der Waals surface area contributed by atoms with Crippen LogP contribution in [0.15, 0.2) is 0 Å². The Hall–Kier alpha value is -1.59. The van der Waals surface area contributed by atoms with Crippen LogP contribution in [0.5, 0.6) is 0 Å². The molecule has 4 amide bonds. The van der Waals surface area contributed by atoms with Gasteiger partial charge in [-0.1, -0.05) is 13.8 Å². The van der Waals surface area contributed by atoms with E-state index in [0.29, 0.717) is 36.1 Å². The van der Waals surface area contributed by atoms with Crippen molar-refractivity contribution < 1.29 is 14.4 Å². The zero-order chi connectivity index (χ0) is 22.8. The highest BCUT2D eigenvalue weighted by Gasteiger charge is 2.62. The molecule has 2 N–H and O–H groups in total. The first kappa shape index (κ1) is 22.6. The van der Waals surface area contributed by atoms with Crippen LogP contribution in [0.2, 0.25) is 0 Å². The lowest BCUT2D eigenvalue weighted by molar-refractivity contribution is -0.159. The van der Waals surface area contributed by atoms with Gasteiger partial charge >= 0.3 is 6.03 Å². The maximum atomic E-state index is 13.1. The van der Waals surface area contributed by atoms with E-state index >= 15 is 0 Å². The molecule has 1 heterocycles. The first-order valence-corrected chi connectivity index (χ1v) is 12.3. The summed E-state index contributed by atoms with van der Waals surface area (Å²) in [5.41, 5.74) is -0.208. The van der Waals surface area contributed by atoms with Crippen molar-refractivity contribution in [2.24, 2.45) is 34.5 Å². The Kier molecular flexibility index (Phi) is 5.45. The smallest absolute Gasteiger partial charge is 0.321 e. The van der Waals surface area contributed by atoms with E-state index in [1.165, 1.54) is 0 Å². The van der Waals surface area contributed by atoms with E-state index in [-0.39, 0.29) is 34.2 Å². The lowest BCUT2D eigenvalue weighted by atomic mass is 9.47. The standard InChI is InChI=1S/C25H41N3O3/c1-23(2,3)27-22(31)26-21(30)18-9-8-16-15-7-10-19-25(5,14-12-20(29)28(19)6)17(15)11-13-24(16,18)4/h15-19H,7-14H2,1-6H3,(H2,26,27,30,31)/t15-,16-,17+,18?,19?,24-,25+/m0/s1. The highest BCUT2D eigenvalue weighted by molar-refractivity contribution is 5.96. The Bertz CT molecular complexity index is 774. The second kappa shape index (κ2) is 7.48. The number of carbonyl (C=O) groups excluding carboxylic acids is 3. The molecule has 0 aromatic rings. The molecule has 31 heavy (non-hydrogen) atoms. The van der Waals surface area contributed by atoms with Crippen LogP contribution in [0.1, 0.15) is 86.0 Å². The van der Waals surface area contributed by atoms with Crippen molar-refractivity contribution in [2.45, 2.75) is 97.6 Å². The van der Waals surface area contributed by atoms with Crippen LogP contribution in [-0.4, -0.2) is 41.4 Å². The van der Waals surface area contributed by atoms with Crippen LogP contribution in [0, 0.1) is 34.5 Å². The zero-order valence-corrected chi connectivity index (χ0v) is 20.2. The molecule has 174 valence electrons. The highest BCUT2D eigenvalue weighted by Crippen LogP contribution is 2.66. The average Bonchev–Trinajstić information content (AvgIpc) is 3.01. The van der Waals surface area contributed by atoms with Gasteiger partial charge in [0.15, 0.2) is 0 Å². The highest BCUT2D eigenvalue weighted by atomic mass is 16.2. The fourth-order valence-electron chi connectivity index (χ4n) is 8.15. The van der Waals surface area contributed by atoms with Gasteiger partial charge in [-0.3, -0.25) is 14.9 Å². The number of imide groups is 1. The van der Waals surface area contributed by atoms with Crippen molar-refractivity contribution >= 4 is 17.8 Å². The van der Waals surface area contributed by atoms with Gasteiger partial charge in [0.1, 0.15) is 0 Å². The predicted molar refractivity (Wildman–Crippen MR) is 120 cm³/mol. The molecule has 4 aliphatic rings. The summed E-state index contributed by atoms with van der Waals surface area (Å²) < 4.78 is 0. The molecule has 2 unspecified atom stereocenters. The number of carbonyl (C=O) groups is 3. The molecule has 1 saturated heterocycles. The third-order valence-electron chi connectivity index (χ3n) is 9.60. The van der Waals surface area contributed by atoms with E-state index in [0.717, 1.165) is 44.9 Å². The monoisotopic (exact) mass is 431 g/mol. The summed E-state index contributed by atoms with van der Waals surface area (Å²) in [5.74, 6) is 1.90. The summed E-state index contributed by atoms with van der Waals surface area (Å²) in [4.78, 5) is 39.8. The largest absolute Gasteiger partial charge is 0.342 e. The quantitative estimate of drug-likeness (QED) is 0.656. The van der Waals surface area contributed by atoms with Gasteiger partial charge in [0.2, 0.25) is 11.8 Å². The van der Waals surface area contributed by atoms with Gasteiger partial charge in [0.25, 0.3) is 0 Å². The molecule has 0 bridgehead atoms. The third-order valence-corrected chi connectivity index (χ3v) is 9.60. The number of hydrogen-bond donors (Lipinski definition) is 2.